The molecule has 9 heteroatoms. The molecule has 1 aromatic heterocycles. The molecule has 2 aromatic rings. The fourth-order valence-corrected chi connectivity index (χ4v) is 3.48. The van der Waals surface area contributed by atoms with Crippen LogP contribution in [0.3, 0.4) is 0 Å². The van der Waals surface area contributed by atoms with Crippen molar-refractivity contribution in [2.45, 2.75) is 13.3 Å². The molecule has 26 heavy (non-hydrogen) atoms. The number of carbonyl (C=O) groups is 3. The molecule has 0 N–H and O–H groups in total. The van der Waals surface area contributed by atoms with Gasteiger partial charge in [-0.3, -0.25) is 9.59 Å². The van der Waals surface area contributed by atoms with Crippen molar-refractivity contribution in [2.75, 3.05) is 12.5 Å². The minimum Gasteiger partial charge on any atom is -0.461 e. The Morgan fingerprint density at radius 1 is 1.27 bits per heavy atom. The maximum Gasteiger partial charge on any atom is 0.356 e. The van der Waals surface area contributed by atoms with Crippen LogP contribution in [0, 0.1) is 0 Å². The number of hydrogen-bond donors (Lipinski definition) is 0. The number of halogens is 1. The number of Topliss-reactive ketones (excluding diaryl/α,β-unsaturated/α-hetero) is 1. The maximum atomic E-state index is 12.1. The predicted molar refractivity (Wildman–Crippen MR) is 97.1 cm³/mol. The fraction of sp³-hybridized carbons (Fsp3) is 0.235. The molecule has 0 saturated heterocycles. The third-order valence-electron chi connectivity index (χ3n) is 3.68. The van der Waals surface area contributed by atoms with E-state index in [9.17, 15) is 14.4 Å². The molecule has 134 valence electrons. The summed E-state index contributed by atoms with van der Waals surface area (Å²) in [5.41, 5.74) is 1.88. The van der Waals surface area contributed by atoms with Gasteiger partial charge in [0, 0.05) is 16.5 Å². The average molecular weight is 392 g/mol. The van der Waals surface area contributed by atoms with Gasteiger partial charge in [-0.05, 0) is 6.92 Å². The molecular formula is C17H14ClN3O4S. The van der Waals surface area contributed by atoms with Crippen molar-refractivity contribution in [3.05, 3.63) is 51.3 Å². The first-order valence-corrected chi connectivity index (χ1v) is 9.18. The number of esters is 1. The van der Waals surface area contributed by atoms with E-state index in [2.05, 4.69) is 10.2 Å². The number of ketones is 1. The van der Waals surface area contributed by atoms with Crippen LogP contribution in [0.2, 0.25) is 0 Å². The number of alkyl halides is 1. The smallest absolute Gasteiger partial charge is 0.356 e. The van der Waals surface area contributed by atoms with Gasteiger partial charge in [-0.2, -0.15) is 5.10 Å². The SMILES string of the molecule is CCOC(=O)c1cs/c(=N/N=C2\CC(=O)c3ccccc32)n1C(=O)CCl. The summed E-state index contributed by atoms with van der Waals surface area (Å²) in [6.07, 6.45) is 0.141. The number of carbonyl (C=O) groups excluding carboxylic acids is 3. The van der Waals surface area contributed by atoms with E-state index >= 15 is 0 Å². The van der Waals surface area contributed by atoms with Gasteiger partial charge in [0.1, 0.15) is 11.6 Å². The molecule has 0 fully saturated rings. The standard InChI is InChI=1S/C17H14ClN3O4S/c1-2-25-16(24)13-9-26-17(21(13)15(23)8-18)20-19-12-7-14(22)11-6-4-3-5-10(11)12/h3-6,9H,2,7-8H2,1H3/b19-12+,20-17+. The zero-order valence-electron chi connectivity index (χ0n) is 13.8. The average Bonchev–Trinajstić information content (AvgIpc) is 3.21. The highest BCUT2D eigenvalue weighted by Crippen LogP contribution is 2.22. The summed E-state index contributed by atoms with van der Waals surface area (Å²) in [7, 11) is 0. The van der Waals surface area contributed by atoms with Crippen LogP contribution in [0.25, 0.3) is 0 Å². The molecule has 0 radical (unpaired) electrons. The van der Waals surface area contributed by atoms with E-state index in [0.29, 0.717) is 11.3 Å². The van der Waals surface area contributed by atoms with Crippen LogP contribution in [0.4, 0.5) is 0 Å². The third-order valence-corrected chi connectivity index (χ3v) is 4.72. The molecule has 0 unspecified atom stereocenters. The lowest BCUT2D eigenvalue weighted by atomic mass is 10.1. The minimum absolute atomic E-state index is 0.0300. The van der Waals surface area contributed by atoms with Crippen molar-refractivity contribution in [3.8, 4) is 0 Å². The zero-order chi connectivity index (χ0) is 18.7. The second-order valence-electron chi connectivity index (χ2n) is 5.28. The van der Waals surface area contributed by atoms with Gasteiger partial charge < -0.3 is 4.74 Å². The van der Waals surface area contributed by atoms with Crippen LogP contribution in [-0.2, 0) is 4.74 Å². The molecule has 1 aliphatic rings. The van der Waals surface area contributed by atoms with Gasteiger partial charge >= 0.3 is 5.97 Å². The van der Waals surface area contributed by atoms with Crippen molar-refractivity contribution < 1.29 is 19.1 Å². The number of nitrogens with zero attached hydrogens (tertiary/aromatic N) is 3. The number of rotatable bonds is 4. The van der Waals surface area contributed by atoms with Crippen LogP contribution >= 0.6 is 22.9 Å². The van der Waals surface area contributed by atoms with E-state index in [4.69, 9.17) is 16.3 Å². The molecule has 3 rings (SSSR count). The number of ether oxygens (including phenoxy) is 1. The van der Waals surface area contributed by atoms with Crippen LogP contribution in [0.1, 0.15) is 44.5 Å². The van der Waals surface area contributed by atoms with Gasteiger partial charge in [-0.1, -0.05) is 24.3 Å². The molecular weight excluding hydrogens is 378 g/mol. The predicted octanol–water partition coefficient (Wildman–Crippen LogP) is 2.50. The van der Waals surface area contributed by atoms with Gasteiger partial charge in [0.2, 0.25) is 10.7 Å². The molecule has 7 nitrogen and oxygen atoms in total. The van der Waals surface area contributed by atoms with Crippen LogP contribution in [0.15, 0.2) is 39.8 Å². The summed E-state index contributed by atoms with van der Waals surface area (Å²) >= 11 is 6.71. The molecule has 0 saturated carbocycles. The van der Waals surface area contributed by atoms with Gasteiger partial charge in [-0.15, -0.1) is 28.0 Å². The highest BCUT2D eigenvalue weighted by molar-refractivity contribution is 7.07. The topological polar surface area (TPSA) is 90.1 Å². The van der Waals surface area contributed by atoms with Crippen LogP contribution in [0.5, 0.6) is 0 Å². The van der Waals surface area contributed by atoms with Crippen molar-refractivity contribution >= 4 is 46.3 Å². The lowest BCUT2D eigenvalue weighted by molar-refractivity contribution is 0.0508. The lowest BCUT2D eigenvalue weighted by Crippen LogP contribution is -2.28. The fourth-order valence-electron chi connectivity index (χ4n) is 2.54. The first-order chi connectivity index (χ1) is 12.6. The van der Waals surface area contributed by atoms with Crippen molar-refractivity contribution in [1.29, 1.82) is 0 Å². The Balaban J connectivity index is 2.06. The second kappa shape index (κ2) is 7.76. The molecule has 0 spiro atoms. The summed E-state index contributed by atoms with van der Waals surface area (Å²) in [6, 6.07) is 7.13. The van der Waals surface area contributed by atoms with E-state index in [1.807, 2.05) is 6.07 Å². The van der Waals surface area contributed by atoms with Crippen LogP contribution in [-0.4, -0.2) is 40.4 Å². The van der Waals surface area contributed by atoms with E-state index in [1.165, 1.54) is 5.38 Å². The Morgan fingerprint density at radius 2 is 2.00 bits per heavy atom. The van der Waals surface area contributed by atoms with E-state index in [1.54, 1.807) is 25.1 Å². The minimum atomic E-state index is -0.641. The first-order valence-electron chi connectivity index (χ1n) is 7.76. The highest BCUT2D eigenvalue weighted by atomic mass is 35.5. The summed E-state index contributed by atoms with van der Waals surface area (Å²) in [5, 5.41) is 9.70. The van der Waals surface area contributed by atoms with Crippen molar-refractivity contribution in [2.24, 2.45) is 10.2 Å². The van der Waals surface area contributed by atoms with E-state index in [-0.39, 0.29) is 35.2 Å². The Hall–Kier alpha value is -2.58. The van der Waals surface area contributed by atoms with E-state index < -0.39 is 11.9 Å². The van der Waals surface area contributed by atoms with Crippen LogP contribution < -0.4 is 4.80 Å². The monoisotopic (exact) mass is 391 g/mol. The van der Waals surface area contributed by atoms with Gasteiger partial charge in [0.05, 0.1) is 18.7 Å². The molecule has 0 amide bonds. The van der Waals surface area contributed by atoms with Gasteiger partial charge in [0.25, 0.3) is 0 Å². The molecule has 1 aliphatic carbocycles. The number of aromatic nitrogens is 1. The molecule has 0 bridgehead atoms. The summed E-state index contributed by atoms with van der Waals surface area (Å²) in [5.74, 6) is -1.51. The largest absolute Gasteiger partial charge is 0.461 e. The van der Waals surface area contributed by atoms with Gasteiger partial charge in [-0.25, -0.2) is 9.36 Å². The summed E-state index contributed by atoms with van der Waals surface area (Å²) in [4.78, 5) is 36.4. The zero-order valence-corrected chi connectivity index (χ0v) is 15.3. The Bertz CT molecular complexity index is 990. The van der Waals surface area contributed by atoms with Crippen molar-refractivity contribution in [1.82, 2.24) is 4.57 Å². The molecule has 1 aromatic carbocycles. The second-order valence-corrected chi connectivity index (χ2v) is 6.38. The maximum absolute atomic E-state index is 12.1. The lowest BCUT2D eigenvalue weighted by Gasteiger charge is -2.04. The number of benzene rings is 1. The molecule has 0 aliphatic heterocycles. The number of hydrogen-bond acceptors (Lipinski definition) is 7. The first kappa shape index (κ1) is 18.2. The normalized spacial score (nSPS) is 15.4. The van der Waals surface area contributed by atoms with Gasteiger partial charge in [0.15, 0.2) is 5.78 Å². The Morgan fingerprint density at radius 3 is 2.69 bits per heavy atom. The highest BCUT2D eigenvalue weighted by Gasteiger charge is 2.25. The number of thiazole rings is 1. The van der Waals surface area contributed by atoms with E-state index in [0.717, 1.165) is 21.5 Å². The Kier molecular flexibility index (Phi) is 5.43. The third kappa shape index (κ3) is 3.38. The van der Waals surface area contributed by atoms with Crippen molar-refractivity contribution in [3.63, 3.8) is 0 Å². The molecule has 0 atom stereocenters. The summed E-state index contributed by atoms with van der Waals surface area (Å²) < 4.78 is 6.03. The molecule has 1 heterocycles. The summed E-state index contributed by atoms with van der Waals surface area (Å²) in [6.45, 7) is 1.85. The Labute approximate surface area is 157 Å². The number of fused-ring (bicyclic) bond motifs is 1. The quantitative estimate of drug-likeness (QED) is 0.455.